The van der Waals surface area contributed by atoms with Crippen LogP contribution < -0.4 is 0 Å². The highest BCUT2D eigenvalue weighted by Crippen LogP contribution is 2.51. The monoisotopic (exact) mass is 151 g/mol. The van der Waals surface area contributed by atoms with E-state index in [-0.39, 0.29) is 11.7 Å². The van der Waals surface area contributed by atoms with Crippen LogP contribution in [0.2, 0.25) is 0 Å². The van der Waals surface area contributed by atoms with E-state index in [9.17, 15) is 0 Å². The Morgan fingerprint density at radius 2 is 2.36 bits per heavy atom. The van der Waals surface area contributed by atoms with Gasteiger partial charge in [0.25, 0.3) is 0 Å². The van der Waals surface area contributed by atoms with Crippen LogP contribution in [0.15, 0.2) is 0 Å². The molecule has 1 spiro atoms. The number of rotatable bonds is 0. The highest BCUT2D eigenvalue weighted by molar-refractivity contribution is 5.16. The average Bonchev–Trinajstić information content (AvgIpc) is 2.72. The molecule has 3 unspecified atom stereocenters. The van der Waals surface area contributed by atoms with Gasteiger partial charge in [-0.3, -0.25) is 0 Å². The molecule has 2 rings (SSSR count). The highest BCUT2D eigenvalue weighted by atomic mass is 16.6. The zero-order chi connectivity index (χ0) is 7.90. The lowest BCUT2D eigenvalue weighted by molar-refractivity contribution is 0.171. The Hall–Kier alpha value is -0.550. The number of epoxide rings is 1. The molecule has 0 aromatic heterocycles. The number of nitriles is 1. The van der Waals surface area contributed by atoms with E-state index < -0.39 is 0 Å². The highest BCUT2D eigenvalue weighted by Gasteiger charge is 2.60. The van der Waals surface area contributed by atoms with E-state index in [4.69, 9.17) is 10.00 Å². The molecule has 1 aliphatic carbocycles. The van der Waals surface area contributed by atoms with Gasteiger partial charge in [-0.2, -0.15) is 5.26 Å². The van der Waals surface area contributed by atoms with Gasteiger partial charge in [0.2, 0.25) is 0 Å². The van der Waals surface area contributed by atoms with Gasteiger partial charge in [-0.25, -0.2) is 0 Å². The van der Waals surface area contributed by atoms with Crippen LogP contribution >= 0.6 is 0 Å². The number of hydrogen-bond acceptors (Lipinski definition) is 2. The SMILES string of the molecule is CC1CCCCC12OC2C#N. The number of hydrogen-bond donors (Lipinski definition) is 0. The smallest absolute Gasteiger partial charge is 0.173 e. The van der Waals surface area contributed by atoms with Crippen molar-refractivity contribution in [3.63, 3.8) is 0 Å². The van der Waals surface area contributed by atoms with E-state index in [2.05, 4.69) is 13.0 Å². The molecular formula is C9H13NO. The molecule has 11 heavy (non-hydrogen) atoms. The second kappa shape index (κ2) is 2.22. The summed E-state index contributed by atoms with van der Waals surface area (Å²) < 4.78 is 5.45. The largest absolute Gasteiger partial charge is 0.350 e. The van der Waals surface area contributed by atoms with Crippen molar-refractivity contribution in [3.8, 4) is 6.07 Å². The molecule has 1 heterocycles. The van der Waals surface area contributed by atoms with Crippen molar-refractivity contribution >= 4 is 0 Å². The summed E-state index contributed by atoms with van der Waals surface area (Å²) in [5.41, 5.74) is -0.00694. The Labute approximate surface area is 67.2 Å². The maximum atomic E-state index is 8.67. The molecule has 3 atom stereocenters. The fraction of sp³-hybridized carbons (Fsp3) is 0.889. The Bertz CT molecular complexity index is 208. The Balaban J connectivity index is 2.08. The van der Waals surface area contributed by atoms with Gasteiger partial charge < -0.3 is 4.74 Å². The average molecular weight is 151 g/mol. The zero-order valence-corrected chi connectivity index (χ0v) is 6.84. The van der Waals surface area contributed by atoms with Crippen LogP contribution in [0.25, 0.3) is 0 Å². The van der Waals surface area contributed by atoms with Crippen molar-refractivity contribution in [2.24, 2.45) is 5.92 Å². The Morgan fingerprint density at radius 1 is 1.55 bits per heavy atom. The predicted octanol–water partition coefficient (Wildman–Crippen LogP) is 1.86. The van der Waals surface area contributed by atoms with Crippen molar-refractivity contribution in [1.29, 1.82) is 5.26 Å². The first-order valence-corrected chi connectivity index (χ1v) is 4.37. The molecule has 2 heteroatoms. The minimum atomic E-state index is -0.0854. The number of ether oxygens (including phenoxy) is 1. The van der Waals surface area contributed by atoms with Crippen LogP contribution in [-0.2, 0) is 4.74 Å². The minimum Gasteiger partial charge on any atom is -0.350 e. The summed E-state index contributed by atoms with van der Waals surface area (Å²) in [5.74, 6) is 0.598. The molecule has 0 N–H and O–H groups in total. The van der Waals surface area contributed by atoms with E-state index in [1.165, 1.54) is 19.3 Å². The van der Waals surface area contributed by atoms with Crippen molar-refractivity contribution in [2.75, 3.05) is 0 Å². The number of nitrogens with zero attached hydrogens (tertiary/aromatic N) is 1. The third-order valence-electron chi connectivity index (χ3n) is 3.13. The van der Waals surface area contributed by atoms with Gasteiger partial charge in [0.05, 0.1) is 6.07 Å². The van der Waals surface area contributed by atoms with Crippen LogP contribution in [-0.4, -0.2) is 11.7 Å². The molecule has 0 amide bonds. The van der Waals surface area contributed by atoms with Crippen LogP contribution in [0, 0.1) is 17.2 Å². The second-order valence-electron chi connectivity index (χ2n) is 3.73. The van der Waals surface area contributed by atoms with Crippen LogP contribution in [0.1, 0.15) is 32.6 Å². The third-order valence-corrected chi connectivity index (χ3v) is 3.13. The van der Waals surface area contributed by atoms with E-state index in [1.807, 2.05) is 0 Å². The molecule has 1 saturated heterocycles. The summed E-state index contributed by atoms with van der Waals surface area (Å²) in [5, 5.41) is 8.67. The maximum Gasteiger partial charge on any atom is 0.173 e. The van der Waals surface area contributed by atoms with Crippen molar-refractivity contribution in [1.82, 2.24) is 0 Å². The molecule has 2 nitrogen and oxygen atoms in total. The van der Waals surface area contributed by atoms with Gasteiger partial charge in [-0.1, -0.05) is 19.8 Å². The third kappa shape index (κ3) is 0.877. The normalized spacial score (nSPS) is 48.7. The standard InChI is InChI=1S/C9H13NO/c1-7-4-2-3-5-9(7)8(6-10)11-9/h7-8H,2-5H2,1H3. The first-order chi connectivity index (χ1) is 5.29. The summed E-state index contributed by atoms with van der Waals surface area (Å²) in [6.07, 6.45) is 4.80. The fourth-order valence-electron chi connectivity index (χ4n) is 2.23. The minimum absolute atomic E-state index is 0.00694. The van der Waals surface area contributed by atoms with Crippen LogP contribution in [0.5, 0.6) is 0 Å². The molecule has 60 valence electrons. The molecule has 1 aliphatic heterocycles. The predicted molar refractivity (Wildman–Crippen MR) is 40.8 cm³/mol. The first kappa shape index (κ1) is 7.12. The van der Waals surface area contributed by atoms with Gasteiger partial charge in [-0.05, 0) is 18.8 Å². The molecule has 0 radical (unpaired) electrons. The van der Waals surface area contributed by atoms with Crippen molar-refractivity contribution < 1.29 is 4.74 Å². The second-order valence-corrected chi connectivity index (χ2v) is 3.73. The molecule has 0 aromatic carbocycles. The molecule has 2 fully saturated rings. The van der Waals surface area contributed by atoms with Crippen molar-refractivity contribution in [3.05, 3.63) is 0 Å². The lowest BCUT2D eigenvalue weighted by Gasteiger charge is -2.25. The van der Waals surface area contributed by atoms with Crippen LogP contribution in [0.4, 0.5) is 0 Å². The summed E-state index contributed by atoms with van der Waals surface area (Å²) in [4.78, 5) is 0. The van der Waals surface area contributed by atoms with E-state index in [0.717, 1.165) is 6.42 Å². The molecule has 0 bridgehead atoms. The molecular weight excluding hydrogens is 138 g/mol. The van der Waals surface area contributed by atoms with Gasteiger partial charge >= 0.3 is 0 Å². The maximum absolute atomic E-state index is 8.67. The van der Waals surface area contributed by atoms with Gasteiger partial charge in [-0.15, -0.1) is 0 Å². The quantitative estimate of drug-likeness (QED) is 0.495. The summed E-state index contributed by atoms with van der Waals surface area (Å²) in [7, 11) is 0. The summed E-state index contributed by atoms with van der Waals surface area (Å²) in [6, 6.07) is 2.21. The van der Waals surface area contributed by atoms with E-state index in [1.54, 1.807) is 0 Å². The Morgan fingerprint density at radius 3 is 2.91 bits per heavy atom. The van der Waals surface area contributed by atoms with Gasteiger partial charge in [0.15, 0.2) is 6.10 Å². The molecule has 0 aromatic rings. The zero-order valence-electron chi connectivity index (χ0n) is 6.84. The fourth-order valence-corrected chi connectivity index (χ4v) is 2.23. The van der Waals surface area contributed by atoms with Crippen molar-refractivity contribution in [2.45, 2.75) is 44.3 Å². The summed E-state index contributed by atoms with van der Waals surface area (Å²) >= 11 is 0. The lowest BCUT2D eigenvalue weighted by atomic mass is 9.78. The molecule has 1 saturated carbocycles. The van der Waals surface area contributed by atoms with Gasteiger partial charge in [0, 0.05) is 0 Å². The summed E-state index contributed by atoms with van der Waals surface area (Å²) in [6.45, 7) is 2.20. The van der Waals surface area contributed by atoms with Gasteiger partial charge in [0.1, 0.15) is 5.60 Å². The molecule has 2 aliphatic rings. The Kier molecular flexibility index (Phi) is 1.43. The topological polar surface area (TPSA) is 36.3 Å². The lowest BCUT2D eigenvalue weighted by Crippen LogP contribution is -2.28. The van der Waals surface area contributed by atoms with E-state index in [0.29, 0.717) is 5.92 Å². The first-order valence-electron chi connectivity index (χ1n) is 4.37. The van der Waals surface area contributed by atoms with E-state index >= 15 is 0 Å². The van der Waals surface area contributed by atoms with Crippen LogP contribution in [0.3, 0.4) is 0 Å².